The zero-order valence-corrected chi connectivity index (χ0v) is 9.64. The Morgan fingerprint density at radius 1 is 1.36 bits per heavy atom. The van der Waals surface area contributed by atoms with Crippen molar-refractivity contribution in [2.75, 3.05) is 0 Å². The van der Waals surface area contributed by atoms with Crippen LogP contribution in [0.4, 0.5) is 0 Å². The van der Waals surface area contributed by atoms with E-state index in [0.29, 0.717) is 0 Å². The van der Waals surface area contributed by atoms with Crippen molar-refractivity contribution in [3.8, 4) is 0 Å². The molecule has 0 aliphatic carbocycles. The molecule has 11 heavy (non-hydrogen) atoms. The molecule has 0 bridgehead atoms. The maximum atomic E-state index is 3.91. The van der Waals surface area contributed by atoms with Gasteiger partial charge in [0.15, 0.2) is 0 Å². The van der Waals surface area contributed by atoms with Crippen molar-refractivity contribution in [2.45, 2.75) is 26.2 Å². The average molecular weight is 321 g/mol. The fourth-order valence-electron chi connectivity index (χ4n) is 0.630. The van der Waals surface area contributed by atoms with Gasteiger partial charge in [0.25, 0.3) is 0 Å². The van der Waals surface area contributed by atoms with Crippen LogP contribution in [0.15, 0.2) is 12.5 Å². The molecule has 1 heterocycles. The van der Waals surface area contributed by atoms with Gasteiger partial charge < -0.3 is 9.97 Å². The Bertz CT molecular complexity index is 203. The second-order valence-corrected chi connectivity index (χ2v) is 3.30. The molecular formula is C8H11N2Re-. The largest absolute Gasteiger partial charge is 0.376 e. The maximum Gasteiger partial charge on any atom is 0 e. The second kappa shape index (κ2) is 3.94. The van der Waals surface area contributed by atoms with Gasteiger partial charge in [-0.3, -0.25) is 0 Å². The van der Waals surface area contributed by atoms with E-state index in [-0.39, 0.29) is 25.8 Å². The van der Waals surface area contributed by atoms with Crippen molar-refractivity contribution in [2.24, 2.45) is 0 Å². The Kier molecular flexibility index (Phi) is 3.85. The van der Waals surface area contributed by atoms with E-state index in [4.69, 9.17) is 0 Å². The van der Waals surface area contributed by atoms with Crippen molar-refractivity contribution < 1.29 is 20.4 Å². The molecule has 0 amide bonds. The van der Waals surface area contributed by atoms with E-state index in [9.17, 15) is 0 Å². The summed E-state index contributed by atoms with van der Waals surface area (Å²) in [7, 11) is 0. The van der Waals surface area contributed by atoms with Crippen LogP contribution in [-0.2, 0) is 25.8 Å². The molecule has 0 saturated heterocycles. The van der Waals surface area contributed by atoms with E-state index < -0.39 is 0 Å². The molecule has 0 atom stereocenters. The maximum absolute atomic E-state index is 3.91. The van der Waals surface area contributed by atoms with Crippen molar-refractivity contribution in [1.82, 2.24) is 9.97 Å². The number of aromatic nitrogens is 2. The predicted octanol–water partition coefficient (Wildman–Crippen LogP) is 1.57. The summed E-state index contributed by atoms with van der Waals surface area (Å²) in [5.74, 6) is 0. The van der Waals surface area contributed by atoms with E-state index in [0.717, 1.165) is 5.56 Å². The van der Waals surface area contributed by atoms with Gasteiger partial charge in [0.2, 0.25) is 0 Å². The van der Waals surface area contributed by atoms with Crippen LogP contribution in [0.1, 0.15) is 26.3 Å². The molecule has 1 rings (SSSR count). The van der Waals surface area contributed by atoms with Gasteiger partial charge in [0, 0.05) is 20.4 Å². The third kappa shape index (κ3) is 3.09. The zero-order chi connectivity index (χ0) is 7.61. The summed E-state index contributed by atoms with van der Waals surface area (Å²) in [5, 5.41) is 0. The van der Waals surface area contributed by atoms with Crippen LogP contribution in [0.25, 0.3) is 0 Å². The fraction of sp³-hybridized carbons (Fsp3) is 0.500. The Balaban J connectivity index is 0.000001000. The first-order valence-corrected chi connectivity index (χ1v) is 3.29. The molecule has 0 unspecified atom stereocenters. The first kappa shape index (κ1) is 10.7. The van der Waals surface area contributed by atoms with E-state index >= 15 is 0 Å². The molecule has 3 heteroatoms. The summed E-state index contributed by atoms with van der Waals surface area (Å²) in [5.41, 5.74) is 1.16. The molecule has 0 saturated carbocycles. The molecule has 61 valence electrons. The van der Waals surface area contributed by atoms with E-state index in [1.54, 1.807) is 6.20 Å². The van der Waals surface area contributed by atoms with Crippen LogP contribution in [0, 0.1) is 6.20 Å². The fourth-order valence-corrected chi connectivity index (χ4v) is 0.630. The topological polar surface area (TPSA) is 25.8 Å². The Labute approximate surface area is 81.1 Å². The van der Waals surface area contributed by atoms with Gasteiger partial charge in [-0.25, -0.2) is 0 Å². The Morgan fingerprint density at radius 2 is 2.00 bits per heavy atom. The smallest absolute Gasteiger partial charge is 0 e. The first-order valence-electron chi connectivity index (χ1n) is 3.29. The van der Waals surface area contributed by atoms with E-state index in [1.807, 2.05) is 0 Å². The third-order valence-corrected chi connectivity index (χ3v) is 1.32. The summed E-state index contributed by atoms with van der Waals surface area (Å²) < 4.78 is 0. The molecule has 0 spiro atoms. The molecule has 0 aromatic carbocycles. The molecule has 0 N–H and O–H groups in total. The van der Waals surface area contributed by atoms with E-state index in [2.05, 4.69) is 36.9 Å². The van der Waals surface area contributed by atoms with Gasteiger partial charge in [0.05, 0.1) is 0 Å². The number of rotatable bonds is 0. The van der Waals surface area contributed by atoms with Crippen LogP contribution >= 0.6 is 0 Å². The van der Waals surface area contributed by atoms with Crippen LogP contribution in [0.2, 0.25) is 0 Å². The molecule has 0 fully saturated rings. The third-order valence-electron chi connectivity index (χ3n) is 1.32. The van der Waals surface area contributed by atoms with Crippen molar-refractivity contribution in [3.63, 3.8) is 0 Å². The predicted molar refractivity (Wildman–Crippen MR) is 39.6 cm³/mol. The van der Waals surface area contributed by atoms with Crippen LogP contribution < -0.4 is 0 Å². The number of hydrogen-bond donors (Lipinski definition) is 0. The molecule has 0 aliphatic rings. The minimum atomic E-state index is 0. The van der Waals surface area contributed by atoms with Gasteiger partial charge in [-0.2, -0.15) is 0 Å². The SMILES string of the molecule is CC(C)(C)c1[c-]ncnc1.[Re]. The van der Waals surface area contributed by atoms with Gasteiger partial charge >= 0.3 is 0 Å². The normalized spacial score (nSPS) is 10.5. The van der Waals surface area contributed by atoms with Gasteiger partial charge in [-0.1, -0.05) is 33.2 Å². The minimum Gasteiger partial charge on any atom is -0.376 e. The van der Waals surface area contributed by atoms with Crippen molar-refractivity contribution >= 4 is 0 Å². The summed E-state index contributed by atoms with van der Waals surface area (Å²) in [6, 6.07) is 0. The van der Waals surface area contributed by atoms with Crippen molar-refractivity contribution in [1.29, 1.82) is 0 Å². The minimum absolute atomic E-state index is 0. The van der Waals surface area contributed by atoms with Gasteiger partial charge in [-0.15, -0.1) is 5.56 Å². The number of hydrogen-bond acceptors (Lipinski definition) is 2. The molecular weight excluding hydrogens is 310 g/mol. The van der Waals surface area contributed by atoms with Gasteiger partial charge in [0.1, 0.15) is 0 Å². The zero-order valence-electron chi connectivity index (χ0n) is 6.93. The monoisotopic (exact) mass is 322 g/mol. The molecule has 2 nitrogen and oxygen atoms in total. The second-order valence-electron chi connectivity index (χ2n) is 3.30. The van der Waals surface area contributed by atoms with Crippen LogP contribution in [-0.4, -0.2) is 9.97 Å². The molecule has 1 aromatic rings. The molecule has 1 radical (unpaired) electrons. The Hall–Kier alpha value is -0.258. The summed E-state index contributed by atoms with van der Waals surface area (Å²) in [6.07, 6.45) is 6.19. The van der Waals surface area contributed by atoms with Crippen LogP contribution in [0.3, 0.4) is 0 Å². The summed E-state index contributed by atoms with van der Waals surface area (Å²) in [4.78, 5) is 7.72. The van der Waals surface area contributed by atoms with Gasteiger partial charge in [-0.05, 0) is 11.7 Å². The van der Waals surface area contributed by atoms with Crippen molar-refractivity contribution in [3.05, 3.63) is 24.3 Å². The molecule has 0 aliphatic heterocycles. The quantitative estimate of drug-likeness (QED) is 0.678. The van der Waals surface area contributed by atoms with Crippen LogP contribution in [0.5, 0.6) is 0 Å². The standard InChI is InChI=1S/C8H11N2.Re/c1-8(2,3)7-4-9-6-10-5-7;/h4,6H,1-3H3;/q-1;. The molecule has 1 aromatic heterocycles. The summed E-state index contributed by atoms with van der Waals surface area (Å²) >= 11 is 0. The summed E-state index contributed by atoms with van der Waals surface area (Å²) in [6.45, 7) is 6.34. The van der Waals surface area contributed by atoms with E-state index in [1.165, 1.54) is 6.33 Å². The number of nitrogens with zero attached hydrogens (tertiary/aromatic N) is 2. The average Bonchev–Trinajstić information content (AvgIpc) is 1.88. The first-order chi connectivity index (χ1) is 4.61. The Morgan fingerprint density at radius 3 is 2.27 bits per heavy atom.